The molecule has 1 atom stereocenters. The Labute approximate surface area is 185 Å². The lowest BCUT2D eigenvalue weighted by atomic mass is 10.0. The fourth-order valence-corrected chi connectivity index (χ4v) is 5.01. The highest BCUT2D eigenvalue weighted by Gasteiger charge is 2.20. The number of anilines is 1. The molecule has 0 spiro atoms. The van der Waals surface area contributed by atoms with E-state index in [0.717, 1.165) is 45.8 Å². The van der Waals surface area contributed by atoms with Crippen LogP contribution in [0.2, 0.25) is 0 Å². The van der Waals surface area contributed by atoms with Crippen LogP contribution >= 0.6 is 11.9 Å². The van der Waals surface area contributed by atoms with Gasteiger partial charge in [-0.1, -0.05) is 30.3 Å². The van der Waals surface area contributed by atoms with Crippen LogP contribution in [0, 0.1) is 0 Å². The minimum atomic E-state index is -0.0858. The van der Waals surface area contributed by atoms with Gasteiger partial charge in [-0.05, 0) is 71.0 Å². The molecule has 0 saturated heterocycles. The van der Waals surface area contributed by atoms with Gasteiger partial charge in [-0.3, -0.25) is 4.72 Å². The van der Waals surface area contributed by atoms with Crippen molar-refractivity contribution in [3.8, 4) is 16.9 Å². The monoisotopic (exact) mass is 431 g/mol. The van der Waals surface area contributed by atoms with Gasteiger partial charge in [0.1, 0.15) is 5.75 Å². The van der Waals surface area contributed by atoms with Gasteiger partial charge in [0.15, 0.2) is 0 Å². The molecule has 6 heteroatoms. The van der Waals surface area contributed by atoms with Crippen LogP contribution in [0.1, 0.15) is 11.1 Å². The number of aliphatic hydroxyl groups excluding tert-OH is 1. The molecule has 31 heavy (non-hydrogen) atoms. The summed E-state index contributed by atoms with van der Waals surface area (Å²) >= 11 is 1.52. The molecule has 0 saturated carbocycles. The molecule has 0 fully saturated rings. The molecule has 1 aromatic heterocycles. The molecular formula is C25H25N3O2S. The van der Waals surface area contributed by atoms with E-state index in [2.05, 4.69) is 40.0 Å². The largest absolute Gasteiger partial charge is 0.492 e. The summed E-state index contributed by atoms with van der Waals surface area (Å²) in [6.07, 6.45) is 3.66. The summed E-state index contributed by atoms with van der Waals surface area (Å²) in [5.74, 6) is 0.939. The van der Waals surface area contributed by atoms with Crippen LogP contribution in [-0.2, 0) is 12.8 Å². The summed E-state index contributed by atoms with van der Waals surface area (Å²) < 4.78 is 9.38. The molecule has 0 amide bonds. The molecule has 3 aromatic carbocycles. The van der Waals surface area contributed by atoms with E-state index in [1.54, 1.807) is 0 Å². The van der Waals surface area contributed by atoms with E-state index in [1.807, 2.05) is 36.5 Å². The van der Waals surface area contributed by atoms with Crippen LogP contribution in [-0.4, -0.2) is 29.3 Å². The molecule has 4 aromatic rings. The molecule has 0 unspecified atom stereocenters. The average molecular weight is 432 g/mol. The maximum Gasteiger partial charge on any atom is 0.137 e. The first-order chi connectivity index (χ1) is 15.2. The number of aliphatic hydroxyl groups is 1. The van der Waals surface area contributed by atoms with Gasteiger partial charge in [0.05, 0.1) is 18.1 Å². The molecule has 1 aliphatic heterocycles. The number of aromatic amines is 1. The molecule has 158 valence electrons. The molecule has 5 N–H and O–H groups in total. The molecule has 2 heterocycles. The lowest BCUT2D eigenvalue weighted by Gasteiger charge is -2.17. The van der Waals surface area contributed by atoms with E-state index in [-0.39, 0.29) is 12.6 Å². The lowest BCUT2D eigenvalue weighted by Crippen LogP contribution is -2.29. The number of hydrogen-bond donors (Lipinski definition) is 4. The second kappa shape index (κ2) is 8.67. The zero-order chi connectivity index (χ0) is 21.2. The zero-order valence-corrected chi connectivity index (χ0v) is 17.9. The summed E-state index contributed by atoms with van der Waals surface area (Å²) in [5.41, 5.74) is 12.5. The Balaban J connectivity index is 1.37. The number of ether oxygens (including phenoxy) is 1. The quantitative estimate of drug-likeness (QED) is 0.255. The number of para-hydroxylation sites is 1. The van der Waals surface area contributed by atoms with E-state index in [9.17, 15) is 5.11 Å². The van der Waals surface area contributed by atoms with Crippen molar-refractivity contribution >= 4 is 28.5 Å². The number of nitrogens with two attached hydrogens (primary N) is 1. The van der Waals surface area contributed by atoms with Gasteiger partial charge in [0.2, 0.25) is 0 Å². The summed E-state index contributed by atoms with van der Waals surface area (Å²) in [6.45, 7) is 0.743. The van der Waals surface area contributed by atoms with Crippen LogP contribution in [0.3, 0.4) is 0 Å². The van der Waals surface area contributed by atoms with Crippen molar-refractivity contribution < 1.29 is 9.84 Å². The third kappa shape index (κ3) is 4.14. The number of fused-ring (bicyclic) bond motifs is 2. The highest BCUT2D eigenvalue weighted by molar-refractivity contribution is 7.97. The standard InChI is InChI=1S/C25H25N3O2S/c26-20-5-3-4-16(11-20)18-10-17-8-9-30-25(17)24(13-18)31-28-21(15-29)12-19-14-27-23-7-2-1-6-22(19)23/h1-7,10-11,13-14,21,27-29H,8-9,12,15,26H2/t21-/m1/s1. The smallest absolute Gasteiger partial charge is 0.137 e. The fraction of sp³-hybridized carbons (Fsp3) is 0.200. The van der Waals surface area contributed by atoms with E-state index in [1.165, 1.54) is 28.5 Å². The molecule has 0 aliphatic carbocycles. The molecule has 0 bridgehead atoms. The van der Waals surface area contributed by atoms with Crippen molar-refractivity contribution in [3.05, 3.63) is 78.0 Å². The number of nitrogens with one attached hydrogen (secondary N) is 2. The third-order valence-electron chi connectivity index (χ3n) is 5.67. The Morgan fingerprint density at radius 2 is 2.00 bits per heavy atom. The normalized spacial score (nSPS) is 13.8. The van der Waals surface area contributed by atoms with E-state index in [4.69, 9.17) is 10.5 Å². The average Bonchev–Trinajstić information content (AvgIpc) is 3.43. The molecule has 1 aliphatic rings. The van der Waals surface area contributed by atoms with Crippen molar-refractivity contribution in [1.29, 1.82) is 0 Å². The maximum absolute atomic E-state index is 10.0. The van der Waals surface area contributed by atoms with Crippen molar-refractivity contribution in [3.63, 3.8) is 0 Å². The van der Waals surface area contributed by atoms with Gasteiger partial charge in [0, 0.05) is 35.2 Å². The Kier molecular flexibility index (Phi) is 5.59. The van der Waals surface area contributed by atoms with Gasteiger partial charge in [-0.15, -0.1) is 0 Å². The fourth-order valence-electron chi connectivity index (χ4n) is 4.09. The van der Waals surface area contributed by atoms with Crippen molar-refractivity contribution in [2.24, 2.45) is 0 Å². The van der Waals surface area contributed by atoms with Gasteiger partial charge in [-0.2, -0.15) is 0 Å². The molecule has 5 rings (SSSR count). The zero-order valence-electron chi connectivity index (χ0n) is 17.1. The van der Waals surface area contributed by atoms with Gasteiger partial charge in [0.25, 0.3) is 0 Å². The van der Waals surface area contributed by atoms with Crippen molar-refractivity contribution in [1.82, 2.24) is 9.71 Å². The Hall–Kier alpha value is -2.93. The summed E-state index contributed by atoms with van der Waals surface area (Å²) in [6, 6.07) is 20.4. The van der Waals surface area contributed by atoms with E-state index < -0.39 is 0 Å². The first-order valence-corrected chi connectivity index (χ1v) is 11.3. The number of hydrogen-bond acceptors (Lipinski definition) is 5. The predicted molar refractivity (Wildman–Crippen MR) is 127 cm³/mol. The first-order valence-electron chi connectivity index (χ1n) is 10.4. The topological polar surface area (TPSA) is 83.3 Å². The molecular weight excluding hydrogens is 406 g/mol. The van der Waals surface area contributed by atoms with Crippen molar-refractivity contribution in [2.45, 2.75) is 23.8 Å². The SMILES string of the molecule is Nc1cccc(-c2cc3c(c(SN[C@@H](CO)Cc4c[nH]c5ccccc45)c2)OCC3)c1. The number of nitrogen functional groups attached to an aromatic ring is 1. The van der Waals surface area contributed by atoms with Crippen LogP contribution in [0.4, 0.5) is 5.69 Å². The minimum Gasteiger partial charge on any atom is -0.492 e. The second-order valence-corrected chi connectivity index (χ2v) is 8.73. The van der Waals surface area contributed by atoms with Crippen LogP contribution in [0.5, 0.6) is 5.75 Å². The van der Waals surface area contributed by atoms with Gasteiger partial charge >= 0.3 is 0 Å². The van der Waals surface area contributed by atoms with Crippen molar-refractivity contribution in [2.75, 3.05) is 18.9 Å². The summed E-state index contributed by atoms with van der Waals surface area (Å²) in [5, 5.41) is 11.2. The summed E-state index contributed by atoms with van der Waals surface area (Å²) in [4.78, 5) is 4.34. The van der Waals surface area contributed by atoms with Crippen LogP contribution < -0.4 is 15.2 Å². The van der Waals surface area contributed by atoms with E-state index in [0.29, 0.717) is 6.61 Å². The number of benzene rings is 3. The maximum atomic E-state index is 10.0. The van der Waals surface area contributed by atoms with Crippen LogP contribution in [0.15, 0.2) is 71.8 Å². The molecule has 5 nitrogen and oxygen atoms in total. The number of aromatic nitrogens is 1. The van der Waals surface area contributed by atoms with Crippen LogP contribution in [0.25, 0.3) is 22.0 Å². The third-order valence-corrected chi connectivity index (χ3v) is 6.64. The lowest BCUT2D eigenvalue weighted by molar-refractivity contribution is 0.258. The highest BCUT2D eigenvalue weighted by Crippen LogP contribution is 2.39. The molecule has 0 radical (unpaired) electrons. The number of rotatable bonds is 7. The Bertz CT molecular complexity index is 1220. The van der Waals surface area contributed by atoms with Gasteiger partial charge in [-0.25, -0.2) is 0 Å². The Morgan fingerprint density at radius 1 is 1.10 bits per heavy atom. The Morgan fingerprint density at radius 3 is 2.87 bits per heavy atom. The van der Waals surface area contributed by atoms with E-state index >= 15 is 0 Å². The number of H-pyrrole nitrogens is 1. The highest BCUT2D eigenvalue weighted by atomic mass is 32.2. The second-order valence-electron chi connectivity index (χ2n) is 7.85. The van der Waals surface area contributed by atoms with Gasteiger partial charge < -0.3 is 20.6 Å². The predicted octanol–water partition coefficient (Wildman–Crippen LogP) is 4.55. The minimum absolute atomic E-state index is 0.0461. The first kappa shape index (κ1) is 20.0. The summed E-state index contributed by atoms with van der Waals surface area (Å²) in [7, 11) is 0.